The number of nitrogens with zero attached hydrogens (tertiary/aromatic N) is 3. The molecule has 1 aromatic carbocycles. The summed E-state index contributed by atoms with van der Waals surface area (Å²) in [6.45, 7) is 13.9. The van der Waals surface area contributed by atoms with Crippen LogP contribution in [0.15, 0.2) is 36.9 Å². The lowest BCUT2D eigenvalue weighted by molar-refractivity contribution is 0.327. The van der Waals surface area contributed by atoms with Crippen molar-refractivity contribution in [3.8, 4) is 0 Å². The number of hydrogen-bond acceptors (Lipinski definition) is 2. The molecule has 150 valence electrons. The number of aromatic nitrogens is 3. The highest BCUT2D eigenvalue weighted by Gasteiger charge is 2.36. The van der Waals surface area contributed by atoms with Crippen LogP contribution in [0.2, 0.25) is 25.7 Å². The molecule has 4 heteroatoms. The molecule has 0 bridgehead atoms. The van der Waals surface area contributed by atoms with Crippen LogP contribution in [0.4, 0.5) is 0 Å². The maximum atomic E-state index is 4.59. The molecule has 0 aliphatic carbocycles. The quantitative estimate of drug-likeness (QED) is 0.208. The first-order valence-corrected chi connectivity index (χ1v) is 14.6. The van der Waals surface area contributed by atoms with Gasteiger partial charge in [0.2, 0.25) is 0 Å². The maximum absolute atomic E-state index is 4.59. The maximum Gasteiger partial charge on any atom is 0.113 e. The van der Waals surface area contributed by atoms with Crippen molar-refractivity contribution in [3.63, 3.8) is 0 Å². The van der Waals surface area contributed by atoms with Gasteiger partial charge >= 0.3 is 0 Å². The molecule has 0 spiro atoms. The Kier molecular flexibility index (Phi) is 8.27. The summed E-state index contributed by atoms with van der Waals surface area (Å²) >= 11 is 0. The zero-order chi connectivity index (χ0) is 19.8. The summed E-state index contributed by atoms with van der Waals surface area (Å²) in [4.78, 5) is 0. The molecule has 0 aliphatic rings. The van der Waals surface area contributed by atoms with Crippen molar-refractivity contribution < 1.29 is 0 Å². The van der Waals surface area contributed by atoms with Crippen molar-refractivity contribution in [3.05, 3.63) is 36.9 Å². The molecule has 0 saturated heterocycles. The fourth-order valence-electron chi connectivity index (χ4n) is 4.21. The van der Waals surface area contributed by atoms with E-state index >= 15 is 0 Å². The number of fused-ring (bicyclic) bond motifs is 1. The van der Waals surface area contributed by atoms with E-state index in [1.165, 1.54) is 51.4 Å². The highest BCUT2D eigenvalue weighted by Crippen LogP contribution is 2.36. The number of benzene rings is 1. The molecule has 1 heterocycles. The van der Waals surface area contributed by atoms with Crippen LogP contribution in [-0.2, 0) is 5.54 Å². The van der Waals surface area contributed by atoms with Crippen LogP contribution in [-0.4, -0.2) is 23.1 Å². The van der Waals surface area contributed by atoms with E-state index in [2.05, 4.69) is 72.4 Å². The lowest BCUT2D eigenvalue weighted by Gasteiger charge is -2.36. The summed E-state index contributed by atoms with van der Waals surface area (Å²) in [5.74, 6) is 0. The van der Waals surface area contributed by atoms with E-state index < -0.39 is 8.07 Å². The molecule has 1 aromatic heterocycles. The Labute approximate surface area is 167 Å². The third-order valence-electron chi connectivity index (χ3n) is 5.45. The minimum absolute atomic E-state index is 0.108. The predicted octanol–water partition coefficient (Wildman–Crippen LogP) is 7.18. The highest BCUT2D eigenvalue weighted by molar-refractivity contribution is 6.76. The largest absolute Gasteiger partial charge is 0.235 e. The summed E-state index contributed by atoms with van der Waals surface area (Å²) in [5, 5.41) is 9.02. The Bertz CT molecular complexity index is 701. The SMILES string of the molecule is C=CC(CCCCCCCCCC)(C[Si](C)(C)C)n1nnc2ccccc21. The molecule has 0 radical (unpaired) electrons. The lowest BCUT2D eigenvalue weighted by atomic mass is 9.93. The normalized spacial score (nSPS) is 14.4. The average molecular weight is 386 g/mol. The van der Waals surface area contributed by atoms with Gasteiger partial charge in [-0.15, -0.1) is 11.7 Å². The Morgan fingerprint density at radius 3 is 2.26 bits per heavy atom. The summed E-state index contributed by atoms with van der Waals surface area (Å²) in [6, 6.07) is 9.48. The van der Waals surface area contributed by atoms with Gasteiger partial charge in [-0.25, -0.2) is 4.68 Å². The van der Waals surface area contributed by atoms with E-state index in [0.29, 0.717) is 0 Å². The fourth-order valence-corrected chi connectivity index (χ4v) is 6.52. The van der Waals surface area contributed by atoms with Crippen LogP contribution >= 0.6 is 0 Å². The summed E-state index contributed by atoms with van der Waals surface area (Å²) in [7, 11) is -1.31. The molecule has 3 nitrogen and oxygen atoms in total. The number of para-hydroxylation sites is 1. The standard InChI is InChI=1S/C23H39N3Si/c1-6-8-9-10-11-12-13-16-19-23(7-2,20-27(3,4)5)26-22-18-15-14-17-21(22)24-25-26/h7,14-15,17-18H,2,6,8-13,16,19-20H2,1,3-5H3. The van der Waals surface area contributed by atoms with Crippen molar-refractivity contribution in [2.75, 3.05) is 0 Å². The van der Waals surface area contributed by atoms with Crippen molar-refractivity contribution >= 4 is 19.1 Å². The molecule has 2 rings (SSSR count). The first-order valence-electron chi connectivity index (χ1n) is 10.9. The second-order valence-electron chi connectivity index (χ2n) is 9.26. The average Bonchev–Trinajstić information content (AvgIpc) is 3.06. The Morgan fingerprint density at radius 1 is 1.00 bits per heavy atom. The monoisotopic (exact) mass is 385 g/mol. The predicted molar refractivity (Wildman–Crippen MR) is 121 cm³/mol. The molecule has 0 N–H and O–H groups in total. The Morgan fingerprint density at radius 2 is 1.63 bits per heavy atom. The first-order chi connectivity index (χ1) is 12.9. The van der Waals surface area contributed by atoms with Crippen molar-refractivity contribution in [2.45, 2.75) is 95.9 Å². The molecular formula is C23H39N3Si. The molecular weight excluding hydrogens is 346 g/mol. The number of allylic oxidation sites excluding steroid dienone is 1. The summed E-state index contributed by atoms with van der Waals surface area (Å²) < 4.78 is 2.18. The van der Waals surface area contributed by atoms with Gasteiger partial charge in [0.15, 0.2) is 0 Å². The number of hydrogen-bond donors (Lipinski definition) is 0. The second-order valence-corrected chi connectivity index (χ2v) is 14.7. The van der Waals surface area contributed by atoms with Gasteiger partial charge in [-0.1, -0.05) is 101 Å². The topological polar surface area (TPSA) is 30.7 Å². The first kappa shape index (κ1) is 21.9. The molecule has 0 saturated carbocycles. The van der Waals surface area contributed by atoms with E-state index in [0.717, 1.165) is 23.5 Å². The van der Waals surface area contributed by atoms with Crippen LogP contribution in [0.25, 0.3) is 11.0 Å². The third kappa shape index (κ3) is 6.30. The van der Waals surface area contributed by atoms with Gasteiger partial charge in [0.1, 0.15) is 5.52 Å². The smallest absolute Gasteiger partial charge is 0.113 e. The zero-order valence-electron chi connectivity index (χ0n) is 18.0. The minimum Gasteiger partial charge on any atom is -0.235 e. The molecule has 0 aliphatic heterocycles. The van der Waals surface area contributed by atoms with Gasteiger partial charge in [0.25, 0.3) is 0 Å². The summed E-state index contributed by atoms with van der Waals surface area (Å²) in [5.41, 5.74) is 2.01. The molecule has 0 amide bonds. The van der Waals surface area contributed by atoms with Crippen molar-refractivity contribution in [1.29, 1.82) is 0 Å². The van der Waals surface area contributed by atoms with Crippen LogP contribution in [0.1, 0.15) is 64.7 Å². The fraction of sp³-hybridized carbons (Fsp3) is 0.652. The Hall–Kier alpha value is -1.42. The van der Waals surface area contributed by atoms with E-state index in [-0.39, 0.29) is 5.54 Å². The van der Waals surface area contributed by atoms with Crippen LogP contribution in [0.5, 0.6) is 0 Å². The van der Waals surface area contributed by atoms with Crippen molar-refractivity contribution in [2.24, 2.45) is 0 Å². The van der Waals surface area contributed by atoms with Crippen LogP contribution < -0.4 is 0 Å². The van der Waals surface area contributed by atoms with Gasteiger partial charge < -0.3 is 0 Å². The molecule has 1 unspecified atom stereocenters. The molecule has 1 atom stereocenters. The molecule has 0 fully saturated rings. The molecule has 27 heavy (non-hydrogen) atoms. The number of rotatable bonds is 13. The van der Waals surface area contributed by atoms with Gasteiger partial charge in [-0.05, 0) is 24.6 Å². The Balaban J connectivity index is 2.08. The van der Waals surface area contributed by atoms with E-state index in [1.54, 1.807) is 0 Å². The second kappa shape index (κ2) is 10.2. The molecule has 2 aromatic rings. The lowest BCUT2D eigenvalue weighted by Crippen LogP contribution is -2.40. The van der Waals surface area contributed by atoms with Crippen LogP contribution in [0.3, 0.4) is 0 Å². The van der Waals surface area contributed by atoms with Crippen LogP contribution in [0, 0.1) is 0 Å². The van der Waals surface area contributed by atoms with Gasteiger partial charge in [-0.3, -0.25) is 0 Å². The van der Waals surface area contributed by atoms with E-state index in [1.807, 2.05) is 6.07 Å². The van der Waals surface area contributed by atoms with Gasteiger partial charge in [-0.2, -0.15) is 0 Å². The third-order valence-corrected chi connectivity index (χ3v) is 7.13. The number of unbranched alkanes of at least 4 members (excludes halogenated alkanes) is 7. The zero-order valence-corrected chi connectivity index (χ0v) is 19.0. The van der Waals surface area contributed by atoms with Crippen molar-refractivity contribution in [1.82, 2.24) is 15.0 Å². The highest BCUT2D eigenvalue weighted by atomic mass is 28.3. The van der Waals surface area contributed by atoms with Gasteiger partial charge in [0, 0.05) is 8.07 Å². The minimum atomic E-state index is -1.31. The van der Waals surface area contributed by atoms with E-state index in [9.17, 15) is 0 Å². The van der Waals surface area contributed by atoms with E-state index in [4.69, 9.17) is 0 Å². The van der Waals surface area contributed by atoms with Gasteiger partial charge in [0.05, 0.1) is 11.1 Å². The summed E-state index contributed by atoms with van der Waals surface area (Å²) in [6.07, 6.45) is 14.0.